The standard InChI is InChI=1S/C30H28N4O4/c1-17-3-5-24-25(16-31-27(24)11-17)29-33-26-6-4-20(30(36)37)14-28(26)34(29)23-13-21(19-7-9-38-10-8-19)12-22(15-23)32-18(2)35/h3-6,11-16,19,31H,7-10H2,1-2H3,(H,32,35)(H,36,37). The molecule has 0 unspecified atom stereocenters. The minimum atomic E-state index is -1.00. The highest BCUT2D eigenvalue weighted by atomic mass is 16.5. The van der Waals surface area contributed by atoms with Crippen LogP contribution in [0.3, 0.4) is 0 Å². The highest BCUT2D eigenvalue weighted by Crippen LogP contribution is 2.37. The first-order chi connectivity index (χ1) is 18.4. The van der Waals surface area contributed by atoms with Gasteiger partial charge in [-0.05, 0) is 79.3 Å². The summed E-state index contributed by atoms with van der Waals surface area (Å²) in [6.45, 7) is 4.93. The number of rotatable bonds is 5. The SMILES string of the molecule is CC(=O)Nc1cc(C2CCOCC2)cc(-n2c(-c3c[nH]c4cc(C)ccc34)nc3ccc(C(=O)O)cc32)c1. The Balaban J connectivity index is 1.63. The van der Waals surface area contributed by atoms with Gasteiger partial charge in [-0.15, -0.1) is 0 Å². The lowest BCUT2D eigenvalue weighted by molar-refractivity contribution is -0.114. The lowest BCUT2D eigenvalue weighted by Crippen LogP contribution is -2.15. The number of nitrogens with one attached hydrogen (secondary N) is 2. The molecule has 1 saturated heterocycles. The number of nitrogens with zero attached hydrogens (tertiary/aromatic N) is 2. The molecule has 1 amide bonds. The van der Waals surface area contributed by atoms with Crippen molar-refractivity contribution in [2.45, 2.75) is 32.6 Å². The van der Waals surface area contributed by atoms with Crippen LogP contribution >= 0.6 is 0 Å². The number of hydrogen-bond donors (Lipinski definition) is 3. The van der Waals surface area contributed by atoms with Gasteiger partial charge in [0.15, 0.2) is 0 Å². The molecule has 6 rings (SSSR count). The predicted octanol–water partition coefficient (Wildman–Crippen LogP) is 6.03. The van der Waals surface area contributed by atoms with E-state index in [0.29, 0.717) is 41.7 Å². The molecule has 38 heavy (non-hydrogen) atoms. The van der Waals surface area contributed by atoms with E-state index in [1.54, 1.807) is 18.2 Å². The molecule has 0 radical (unpaired) electrons. The van der Waals surface area contributed by atoms with Crippen LogP contribution in [-0.2, 0) is 9.53 Å². The third kappa shape index (κ3) is 4.33. The Bertz CT molecular complexity index is 1710. The van der Waals surface area contributed by atoms with E-state index in [1.807, 2.05) is 29.8 Å². The van der Waals surface area contributed by atoms with Gasteiger partial charge >= 0.3 is 5.97 Å². The molecule has 1 aliphatic heterocycles. The number of amides is 1. The summed E-state index contributed by atoms with van der Waals surface area (Å²) in [4.78, 5) is 32.3. The van der Waals surface area contributed by atoms with Crippen molar-refractivity contribution >= 4 is 39.5 Å². The van der Waals surface area contributed by atoms with Crippen molar-refractivity contribution in [2.24, 2.45) is 0 Å². The van der Waals surface area contributed by atoms with Gasteiger partial charge in [-0.25, -0.2) is 9.78 Å². The van der Waals surface area contributed by atoms with Crippen molar-refractivity contribution in [1.82, 2.24) is 14.5 Å². The number of benzene rings is 3. The second-order valence-corrected chi connectivity index (χ2v) is 9.91. The molecule has 2 aromatic heterocycles. The number of anilines is 1. The summed E-state index contributed by atoms with van der Waals surface area (Å²) in [7, 11) is 0. The van der Waals surface area contributed by atoms with Crippen LogP contribution < -0.4 is 5.32 Å². The van der Waals surface area contributed by atoms with Crippen molar-refractivity contribution in [3.8, 4) is 17.1 Å². The fourth-order valence-corrected chi connectivity index (χ4v) is 5.38. The zero-order valence-electron chi connectivity index (χ0n) is 21.2. The first kappa shape index (κ1) is 23.9. The van der Waals surface area contributed by atoms with Crippen molar-refractivity contribution in [1.29, 1.82) is 0 Å². The molecule has 0 atom stereocenters. The predicted molar refractivity (Wildman–Crippen MR) is 147 cm³/mol. The van der Waals surface area contributed by atoms with Gasteiger partial charge in [0.05, 0.1) is 22.3 Å². The monoisotopic (exact) mass is 508 g/mol. The lowest BCUT2D eigenvalue weighted by Gasteiger charge is -2.24. The first-order valence-electron chi connectivity index (χ1n) is 12.7. The molecule has 3 heterocycles. The number of aromatic carboxylic acids is 1. The van der Waals surface area contributed by atoms with Gasteiger partial charge in [0.25, 0.3) is 0 Å². The Labute approximate surface area is 219 Å². The second-order valence-electron chi connectivity index (χ2n) is 9.91. The second kappa shape index (κ2) is 9.46. The number of imidazole rings is 1. The van der Waals surface area contributed by atoms with Gasteiger partial charge in [-0.1, -0.05) is 12.1 Å². The number of H-pyrrole nitrogens is 1. The summed E-state index contributed by atoms with van der Waals surface area (Å²) in [5.41, 5.74) is 7.20. The third-order valence-corrected chi connectivity index (χ3v) is 7.19. The molecule has 3 N–H and O–H groups in total. The van der Waals surface area contributed by atoms with Gasteiger partial charge < -0.3 is 20.1 Å². The van der Waals surface area contributed by atoms with E-state index in [1.165, 1.54) is 6.92 Å². The summed E-state index contributed by atoms with van der Waals surface area (Å²) in [5, 5.41) is 13.7. The number of hydrogen-bond acceptors (Lipinski definition) is 4. The molecule has 0 saturated carbocycles. The quantitative estimate of drug-likeness (QED) is 0.268. The van der Waals surface area contributed by atoms with Crippen molar-refractivity contribution < 1.29 is 19.4 Å². The van der Waals surface area contributed by atoms with Gasteiger partial charge in [-0.2, -0.15) is 0 Å². The Morgan fingerprint density at radius 3 is 2.66 bits per heavy atom. The Hall–Kier alpha value is -4.43. The van der Waals surface area contributed by atoms with E-state index in [-0.39, 0.29) is 11.5 Å². The van der Waals surface area contributed by atoms with E-state index in [2.05, 4.69) is 34.6 Å². The number of carbonyl (C=O) groups is 2. The largest absolute Gasteiger partial charge is 0.478 e. The topological polar surface area (TPSA) is 109 Å². The number of aryl methyl sites for hydroxylation is 1. The minimum absolute atomic E-state index is 0.157. The summed E-state index contributed by atoms with van der Waals surface area (Å²) < 4.78 is 7.58. The van der Waals surface area contributed by atoms with Gasteiger partial charge in [-0.3, -0.25) is 9.36 Å². The van der Waals surface area contributed by atoms with Crippen LogP contribution in [0.25, 0.3) is 39.0 Å². The maximum atomic E-state index is 12.0. The highest BCUT2D eigenvalue weighted by molar-refractivity contribution is 5.99. The number of ether oxygens (including phenoxy) is 1. The molecule has 5 aromatic rings. The molecular formula is C30H28N4O4. The van der Waals surface area contributed by atoms with E-state index in [9.17, 15) is 14.7 Å². The molecule has 0 bridgehead atoms. The van der Waals surface area contributed by atoms with Crippen molar-refractivity contribution in [3.05, 3.63) is 77.5 Å². The van der Waals surface area contributed by atoms with Crippen LogP contribution in [0.2, 0.25) is 0 Å². The number of carboxylic acid groups (broad SMARTS) is 1. The molecule has 0 spiro atoms. The maximum absolute atomic E-state index is 12.0. The molecule has 1 aliphatic rings. The zero-order chi connectivity index (χ0) is 26.4. The number of fused-ring (bicyclic) bond motifs is 2. The van der Waals surface area contributed by atoms with Crippen molar-refractivity contribution in [2.75, 3.05) is 18.5 Å². The summed E-state index contributed by atoms with van der Waals surface area (Å²) >= 11 is 0. The minimum Gasteiger partial charge on any atom is -0.478 e. The van der Waals surface area contributed by atoms with Crippen LogP contribution in [-0.4, -0.2) is 44.7 Å². The van der Waals surface area contributed by atoms with Crippen LogP contribution in [0.1, 0.15) is 47.2 Å². The van der Waals surface area contributed by atoms with Gasteiger partial charge in [0.2, 0.25) is 5.91 Å². The molecule has 0 aliphatic carbocycles. The number of carboxylic acids is 1. The molecular weight excluding hydrogens is 480 g/mol. The van der Waals surface area contributed by atoms with Crippen LogP contribution in [0.15, 0.2) is 60.8 Å². The number of carbonyl (C=O) groups excluding carboxylic acids is 1. The molecule has 1 fully saturated rings. The van der Waals surface area contributed by atoms with Crippen LogP contribution in [0, 0.1) is 6.92 Å². The summed E-state index contributed by atoms with van der Waals surface area (Å²) in [6.07, 6.45) is 3.73. The number of aromatic nitrogens is 3. The number of aromatic amines is 1. The average molecular weight is 509 g/mol. The lowest BCUT2D eigenvalue weighted by atomic mass is 9.91. The fraction of sp³-hybridized carbons (Fsp3) is 0.233. The Morgan fingerprint density at radius 2 is 1.89 bits per heavy atom. The van der Waals surface area contributed by atoms with Gasteiger partial charge in [0, 0.05) is 48.5 Å². The van der Waals surface area contributed by atoms with Crippen LogP contribution in [0.4, 0.5) is 5.69 Å². The van der Waals surface area contributed by atoms with E-state index in [4.69, 9.17) is 9.72 Å². The smallest absolute Gasteiger partial charge is 0.335 e. The van der Waals surface area contributed by atoms with Gasteiger partial charge in [0.1, 0.15) is 5.82 Å². The van der Waals surface area contributed by atoms with E-state index in [0.717, 1.165) is 46.1 Å². The van der Waals surface area contributed by atoms with Crippen LogP contribution in [0.5, 0.6) is 0 Å². The Kier molecular flexibility index (Phi) is 5.96. The Morgan fingerprint density at radius 1 is 1.08 bits per heavy atom. The molecule has 8 heteroatoms. The normalized spacial score (nSPS) is 14.3. The third-order valence-electron chi connectivity index (χ3n) is 7.19. The zero-order valence-corrected chi connectivity index (χ0v) is 21.2. The average Bonchev–Trinajstić information content (AvgIpc) is 3.49. The molecule has 3 aromatic carbocycles. The van der Waals surface area contributed by atoms with Crippen molar-refractivity contribution in [3.63, 3.8) is 0 Å². The highest BCUT2D eigenvalue weighted by Gasteiger charge is 2.22. The molecule has 192 valence electrons. The maximum Gasteiger partial charge on any atom is 0.335 e. The first-order valence-corrected chi connectivity index (χ1v) is 12.7. The fourth-order valence-electron chi connectivity index (χ4n) is 5.38. The summed E-state index contributed by atoms with van der Waals surface area (Å²) in [6, 6.07) is 17.3. The van der Waals surface area contributed by atoms with E-state index < -0.39 is 5.97 Å². The molecule has 8 nitrogen and oxygen atoms in total. The summed E-state index contributed by atoms with van der Waals surface area (Å²) in [5.74, 6) is -0.176. The van der Waals surface area contributed by atoms with E-state index >= 15 is 0 Å².